The first-order valence-corrected chi connectivity index (χ1v) is 10.1. The van der Waals surface area contributed by atoms with Gasteiger partial charge in [0.25, 0.3) is 0 Å². The summed E-state index contributed by atoms with van der Waals surface area (Å²) >= 11 is 0. The lowest BCUT2D eigenvalue weighted by Crippen LogP contribution is -2.33. The van der Waals surface area contributed by atoms with Crippen molar-refractivity contribution in [1.29, 1.82) is 0 Å². The highest BCUT2D eigenvalue weighted by Gasteiger charge is 2.22. The molecule has 2 N–H and O–H groups in total. The van der Waals surface area contributed by atoms with Gasteiger partial charge < -0.3 is 15.4 Å². The predicted molar refractivity (Wildman–Crippen MR) is 105 cm³/mol. The summed E-state index contributed by atoms with van der Waals surface area (Å²) < 4.78 is 7.43. The van der Waals surface area contributed by atoms with E-state index in [-0.39, 0.29) is 18.6 Å². The van der Waals surface area contributed by atoms with Crippen molar-refractivity contribution in [2.24, 2.45) is 0 Å². The van der Waals surface area contributed by atoms with Gasteiger partial charge in [0.1, 0.15) is 5.82 Å². The quantitative estimate of drug-likeness (QED) is 0.787. The van der Waals surface area contributed by atoms with Crippen molar-refractivity contribution in [2.45, 2.75) is 50.5 Å². The van der Waals surface area contributed by atoms with Gasteiger partial charge >= 0.3 is 0 Å². The SMILES string of the molecule is O=C(CNCC1CCCO1)Nc1cc(C2CCCC2)nn1-c1ccccc1. The predicted octanol–water partition coefficient (Wildman–Crippen LogP) is 3.24. The molecule has 1 aromatic carbocycles. The number of anilines is 1. The summed E-state index contributed by atoms with van der Waals surface area (Å²) in [5.41, 5.74) is 2.04. The molecule has 2 heterocycles. The third-order valence-corrected chi connectivity index (χ3v) is 5.45. The Bertz CT molecular complexity index is 747. The lowest BCUT2D eigenvalue weighted by atomic mass is 10.0. The lowest BCUT2D eigenvalue weighted by Gasteiger charge is -2.11. The van der Waals surface area contributed by atoms with E-state index < -0.39 is 0 Å². The molecule has 2 aliphatic rings. The fourth-order valence-corrected chi connectivity index (χ4v) is 4.01. The first-order chi connectivity index (χ1) is 13.3. The molecular weight excluding hydrogens is 340 g/mol. The van der Waals surface area contributed by atoms with Crippen LogP contribution in [0.1, 0.15) is 50.1 Å². The fourth-order valence-electron chi connectivity index (χ4n) is 4.01. The molecule has 6 heteroatoms. The second kappa shape index (κ2) is 8.67. The Hall–Kier alpha value is -2.18. The Morgan fingerprint density at radius 2 is 1.96 bits per heavy atom. The number of aromatic nitrogens is 2. The maximum absolute atomic E-state index is 12.4. The molecule has 1 aromatic heterocycles. The van der Waals surface area contributed by atoms with Crippen LogP contribution in [0, 0.1) is 0 Å². The van der Waals surface area contributed by atoms with E-state index in [1.165, 1.54) is 25.7 Å². The molecule has 1 unspecified atom stereocenters. The second-order valence-corrected chi connectivity index (χ2v) is 7.50. The highest BCUT2D eigenvalue weighted by atomic mass is 16.5. The summed E-state index contributed by atoms with van der Waals surface area (Å²) in [4.78, 5) is 12.4. The molecular formula is C21H28N4O2. The first-order valence-electron chi connectivity index (χ1n) is 10.1. The number of hydrogen-bond donors (Lipinski definition) is 2. The third kappa shape index (κ3) is 4.57. The highest BCUT2D eigenvalue weighted by Crippen LogP contribution is 2.35. The third-order valence-electron chi connectivity index (χ3n) is 5.45. The minimum Gasteiger partial charge on any atom is -0.377 e. The van der Waals surface area contributed by atoms with Gasteiger partial charge in [0.15, 0.2) is 0 Å². The van der Waals surface area contributed by atoms with Crippen LogP contribution in [0.4, 0.5) is 5.82 Å². The first kappa shape index (κ1) is 18.2. The number of rotatable bonds is 7. The van der Waals surface area contributed by atoms with E-state index in [1.54, 1.807) is 0 Å². The second-order valence-electron chi connectivity index (χ2n) is 7.50. The number of para-hydroxylation sites is 1. The van der Waals surface area contributed by atoms with E-state index in [2.05, 4.69) is 10.6 Å². The van der Waals surface area contributed by atoms with Gasteiger partial charge in [-0.05, 0) is 37.8 Å². The van der Waals surface area contributed by atoms with Crippen LogP contribution in [0.3, 0.4) is 0 Å². The van der Waals surface area contributed by atoms with E-state index in [0.717, 1.165) is 43.2 Å². The number of carbonyl (C=O) groups excluding carboxylic acids is 1. The molecule has 1 saturated carbocycles. The Labute approximate surface area is 160 Å². The van der Waals surface area contributed by atoms with Gasteiger partial charge in [-0.2, -0.15) is 5.10 Å². The van der Waals surface area contributed by atoms with E-state index in [1.807, 2.05) is 41.1 Å². The summed E-state index contributed by atoms with van der Waals surface area (Å²) in [5.74, 6) is 1.19. The molecule has 27 heavy (non-hydrogen) atoms. The van der Waals surface area contributed by atoms with Gasteiger partial charge in [0.05, 0.1) is 24.0 Å². The van der Waals surface area contributed by atoms with Crippen LogP contribution in [0.5, 0.6) is 0 Å². The Morgan fingerprint density at radius 3 is 2.70 bits per heavy atom. The Kier molecular flexibility index (Phi) is 5.84. The minimum absolute atomic E-state index is 0.0527. The van der Waals surface area contributed by atoms with Crippen LogP contribution >= 0.6 is 0 Å². The van der Waals surface area contributed by atoms with E-state index >= 15 is 0 Å². The summed E-state index contributed by atoms with van der Waals surface area (Å²) in [5, 5.41) is 11.1. The smallest absolute Gasteiger partial charge is 0.239 e. The molecule has 1 amide bonds. The minimum atomic E-state index is -0.0527. The standard InChI is InChI=1S/C21H28N4O2/c26-21(15-22-14-18-11-6-12-27-18)23-20-13-19(16-7-4-5-8-16)24-25(20)17-9-2-1-3-10-17/h1-3,9-10,13,16,18,22H,4-8,11-12,14-15H2,(H,23,26). The monoisotopic (exact) mass is 368 g/mol. The number of amides is 1. The van der Waals surface area contributed by atoms with E-state index in [4.69, 9.17) is 9.84 Å². The summed E-state index contributed by atoms with van der Waals surface area (Å²) in [6, 6.07) is 12.0. The maximum atomic E-state index is 12.4. The van der Waals surface area contributed by atoms with E-state index in [9.17, 15) is 4.79 Å². The zero-order chi connectivity index (χ0) is 18.5. The number of benzene rings is 1. The average molecular weight is 368 g/mol. The molecule has 0 spiro atoms. The molecule has 0 radical (unpaired) electrons. The van der Waals surface area contributed by atoms with Gasteiger partial charge in [-0.3, -0.25) is 4.79 Å². The van der Waals surface area contributed by atoms with Crippen LogP contribution in [-0.2, 0) is 9.53 Å². The Balaban J connectivity index is 1.44. The van der Waals surface area contributed by atoms with Crippen LogP contribution < -0.4 is 10.6 Å². The fraction of sp³-hybridized carbons (Fsp3) is 0.524. The molecule has 144 valence electrons. The van der Waals surface area contributed by atoms with Crippen molar-refractivity contribution in [2.75, 3.05) is 25.0 Å². The zero-order valence-electron chi connectivity index (χ0n) is 15.7. The Morgan fingerprint density at radius 1 is 1.15 bits per heavy atom. The van der Waals surface area contributed by atoms with Gasteiger partial charge in [0.2, 0.25) is 5.91 Å². The van der Waals surface area contributed by atoms with Crippen LogP contribution in [0.25, 0.3) is 5.69 Å². The van der Waals surface area contributed by atoms with Crippen molar-refractivity contribution in [3.63, 3.8) is 0 Å². The van der Waals surface area contributed by atoms with Crippen molar-refractivity contribution in [3.8, 4) is 5.69 Å². The van der Waals surface area contributed by atoms with Crippen molar-refractivity contribution < 1.29 is 9.53 Å². The normalized spacial score (nSPS) is 20.2. The number of carbonyl (C=O) groups is 1. The number of nitrogens with one attached hydrogen (secondary N) is 2. The zero-order valence-corrected chi connectivity index (χ0v) is 15.7. The molecule has 2 fully saturated rings. The number of nitrogens with zero attached hydrogens (tertiary/aromatic N) is 2. The summed E-state index contributed by atoms with van der Waals surface area (Å²) in [7, 11) is 0. The highest BCUT2D eigenvalue weighted by molar-refractivity contribution is 5.91. The van der Waals surface area contributed by atoms with Crippen molar-refractivity contribution in [3.05, 3.63) is 42.1 Å². The molecule has 1 saturated heterocycles. The van der Waals surface area contributed by atoms with Crippen molar-refractivity contribution >= 4 is 11.7 Å². The lowest BCUT2D eigenvalue weighted by molar-refractivity contribution is -0.115. The molecule has 4 rings (SSSR count). The van der Waals surface area contributed by atoms with Gasteiger partial charge in [0, 0.05) is 25.1 Å². The van der Waals surface area contributed by atoms with Gasteiger partial charge in [-0.15, -0.1) is 0 Å². The largest absolute Gasteiger partial charge is 0.377 e. The molecule has 0 bridgehead atoms. The number of ether oxygens (including phenoxy) is 1. The van der Waals surface area contributed by atoms with Gasteiger partial charge in [-0.1, -0.05) is 31.0 Å². The average Bonchev–Trinajstić information content (AvgIpc) is 3.44. The van der Waals surface area contributed by atoms with E-state index in [0.29, 0.717) is 5.92 Å². The molecule has 1 aliphatic heterocycles. The molecule has 2 aromatic rings. The topological polar surface area (TPSA) is 68.2 Å². The molecule has 1 aliphatic carbocycles. The summed E-state index contributed by atoms with van der Waals surface area (Å²) in [6.45, 7) is 1.83. The molecule has 1 atom stereocenters. The van der Waals surface area contributed by atoms with Crippen molar-refractivity contribution in [1.82, 2.24) is 15.1 Å². The van der Waals surface area contributed by atoms with Crippen LogP contribution in [0.15, 0.2) is 36.4 Å². The van der Waals surface area contributed by atoms with Crippen LogP contribution in [-0.4, -0.2) is 41.5 Å². The number of hydrogen-bond acceptors (Lipinski definition) is 4. The summed E-state index contributed by atoms with van der Waals surface area (Å²) in [6.07, 6.45) is 7.31. The van der Waals surface area contributed by atoms with Crippen LogP contribution in [0.2, 0.25) is 0 Å². The molecule has 6 nitrogen and oxygen atoms in total. The maximum Gasteiger partial charge on any atom is 0.239 e. The van der Waals surface area contributed by atoms with Gasteiger partial charge in [-0.25, -0.2) is 4.68 Å².